The molecular weight excluding hydrogens is 238 g/mol. The van der Waals surface area contributed by atoms with Gasteiger partial charge < -0.3 is 5.73 Å². The maximum Gasteiger partial charge on any atom is 0.332 e. The Morgan fingerprint density at radius 2 is 1.68 bits per heavy atom. The number of aromatic nitrogens is 2. The lowest BCUT2D eigenvalue weighted by atomic mass is 9.96. The summed E-state index contributed by atoms with van der Waals surface area (Å²) < 4.78 is 3.36. The first-order valence-corrected chi connectivity index (χ1v) is 6.50. The minimum Gasteiger partial charge on any atom is -0.322 e. The van der Waals surface area contributed by atoms with E-state index in [0.717, 1.165) is 11.3 Å². The standard InChI is InChI=1S/C15H21N3O/c1-11(2)17-9-10-18(14(17)19)13-7-5-12(6-8-13)15(3,4)16/h5-11H,16H2,1-4H3. The summed E-state index contributed by atoms with van der Waals surface area (Å²) in [6, 6.07) is 7.95. The zero-order valence-electron chi connectivity index (χ0n) is 11.9. The molecule has 0 unspecified atom stereocenters. The molecule has 19 heavy (non-hydrogen) atoms. The van der Waals surface area contributed by atoms with Crippen molar-refractivity contribution in [3.05, 3.63) is 52.7 Å². The maximum absolute atomic E-state index is 12.2. The first-order chi connectivity index (χ1) is 8.80. The Labute approximate surface area is 113 Å². The molecule has 4 heteroatoms. The van der Waals surface area contributed by atoms with Crippen LogP contribution in [0.15, 0.2) is 41.5 Å². The van der Waals surface area contributed by atoms with E-state index in [2.05, 4.69) is 0 Å². The van der Waals surface area contributed by atoms with Gasteiger partial charge in [0.05, 0.1) is 5.69 Å². The minimum atomic E-state index is -0.368. The molecule has 1 aromatic heterocycles. The predicted octanol–water partition coefficient (Wildman–Crippen LogP) is 2.41. The molecule has 0 aliphatic rings. The van der Waals surface area contributed by atoms with E-state index >= 15 is 0 Å². The molecule has 4 nitrogen and oxygen atoms in total. The van der Waals surface area contributed by atoms with Gasteiger partial charge in [0.25, 0.3) is 0 Å². The molecule has 1 heterocycles. The fourth-order valence-corrected chi connectivity index (χ4v) is 2.03. The minimum absolute atomic E-state index is 0.0187. The zero-order chi connectivity index (χ0) is 14.2. The SMILES string of the molecule is CC(C)n1ccn(-c2ccc(C(C)(C)N)cc2)c1=O. The van der Waals surface area contributed by atoms with Gasteiger partial charge in [0.1, 0.15) is 0 Å². The van der Waals surface area contributed by atoms with E-state index in [1.54, 1.807) is 15.3 Å². The number of rotatable bonds is 3. The fraction of sp³-hybridized carbons (Fsp3) is 0.400. The number of hydrogen-bond donors (Lipinski definition) is 1. The van der Waals surface area contributed by atoms with Gasteiger partial charge in [0, 0.05) is 24.0 Å². The molecule has 2 aromatic rings. The summed E-state index contributed by atoms with van der Waals surface area (Å²) in [4.78, 5) is 12.2. The van der Waals surface area contributed by atoms with Crippen molar-refractivity contribution in [3.63, 3.8) is 0 Å². The molecule has 0 bridgehead atoms. The van der Waals surface area contributed by atoms with E-state index in [0.29, 0.717) is 0 Å². The van der Waals surface area contributed by atoms with E-state index in [9.17, 15) is 4.79 Å². The van der Waals surface area contributed by atoms with Crippen LogP contribution < -0.4 is 11.4 Å². The largest absolute Gasteiger partial charge is 0.332 e. The van der Waals surface area contributed by atoms with Crippen LogP contribution in [-0.2, 0) is 5.54 Å². The third-order valence-electron chi connectivity index (χ3n) is 3.25. The molecule has 0 aliphatic carbocycles. The molecule has 0 atom stereocenters. The van der Waals surface area contributed by atoms with Crippen LogP contribution in [0.3, 0.4) is 0 Å². The molecule has 0 spiro atoms. The van der Waals surface area contributed by atoms with Crippen LogP contribution in [0.1, 0.15) is 39.3 Å². The maximum atomic E-state index is 12.2. The number of hydrogen-bond acceptors (Lipinski definition) is 2. The Bertz CT molecular complexity index is 612. The third kappa shape index (κ3) is 2.63. The lowest BCUT2D eigenvalue weighted by Gasteiger charge is -2.19. The van der Waals surface area contributed by atoms with E-state index in [1.807, 2.05) is 58.2 Å². The molecule has 2 N–H and O–H groups in total. The topological polar surface area (TPSA) is 52.9 Å². The van der Waals surface area contributed by atoms with E-state index < -0.39 is 0 Å². The fourth-order valence-electron chi connectivity index (χ4n) is 2.03. The molecule has 0 radical (unpaired) electrons. The molecule has 0 fully saturated rings. The van der Waals surface area contributed by atoms with E-state index in [1.165, 1.54) is 0 Å². The third-order valence-corrected chi connectivity index (χ3v) is 3.25. The molecule has 2 rings (SSSR count). The molecule has 0 aliphatic heterocycles. The van der Waals surface area contributed by atoms with Crippen molar-refractivity contribution in [3.8, 4) is 5.69 Å². The Morgan fingerprint density at radius 1 is 1.11 bits per heavy atom. The van der Waals surface area contributed by atoms with Crippen molar-refractivity contribution in [2.24, 2.45) is 5.73 Å². The van der Waals surface area contributed by atoms with Crippen molar-refractivity contribution >= 4 is 0 Å². The van der Waals surface area contributed by atoms with Crippen LogP contribution in [0.2, 0.25) is 0 Å². The van der Waals surface area contributed by atoms with Gasteiger partial charge in [-0.15, -0.1) is 0 Å². The highest BCUT2D eigenvalue weighted by molar-refractivity contribution is 5.36. The molecule has 0 saturated heterocycles. The zero-order valence-corrected chi connectivity index (χ0v) is 11.9. The second-order valence-corrected chi connectivity index (χ2v) is 5.72. The van der Waals surface area contributed by atoms with Gasteiger partial charge in [-0.05, 0) is 45.4 Å². The summed E-state index contributed by atoms with van der Waals surface area (Å²) in [6.45, 7) is 7.91. The average Bonchev–Trinajstić information content (AvgIpc) is 2.70. The summed E-state index contributed by atoms with van der Waals surface area (Å²) in [5, 5.41) is 0. The second kappa shape index (κ2) is 4.70. The Morgan fingerprint density at radius 3 is 2.11 bits per heavy atom. The van der Waals surface area contributed by atoms with Crippen molar-refractivity contribution in [2.45, 2.75) is 39.3 Å². The normalized spacial score (nSPS) is 12.1. The van der Waals surface area contributed by atoms with Gasteiger partial charge in [0.15, 0.2) is 0 Å². The van der Waals surface area contributed by atoms with Crippen molar-refractivity contribution < 1.29 is 0 Å². The molecule has 102 valence electrons. The lowest BCUT2D eigenvalue weighted by Crippen LogP contribution is -2.28. The van der Waals surface area contributed by atoms with Gasteiger partial charge in [0.2, 0.25) is 0 Å². The molecule has 0 amide bonds. The summed E-state index contributed by atoms with van der Waals surface area (Å²) in [6.07, 6.45) is 3.61. The van der Waals surface area contributed by atoms with Gasteiger partial charge in [-0.25, -0.2) is 4.79 Å². The van der Waals surface area contributed by atoms with Crippen LogP contribution in [0.25, 0.3) is 5.69 Å². The first-order valence-electron chi connectivity index (χ1n) is 6.50. The second-order valence-electron chi connectivity index (χ2n) is 5.72. The summed E-state index contributed by atoms with van der Waals surface area (Å²) >= 11 is 0. The number of benzene rings is 1. The Balaban J connectivity index is 2.41. The van der Waals surface area contributed by atoms with Crippen LogP contribution in [0, 0.1) is 0 Å². The van der Waals surface area contributed by atoms with Gasteiger partial charge in [-0.3, -0.25) is 9.13 Å². The molecular formula is C15H21N3O. The van der Waals surface area contributed by atoms with Crippen LogP contribution in [-0.4, -0.2) is 9.13 Å². The lowest BCUT2D eigenvalue weighted by molar-refractivity contribution is 0.554. The van der Waals surface area contributed by atoms with Crippen LogP contribution in [0.5, 0.6) is 0 Å². The molecule has 1 aromatic carbocycles. The summed E-state index contributed by atoms with van der Waals surface area (Å²) in [7, 11) is 0. The van der Waals surface area contributed by atoms with E-state index in [4.69, 9.17) is 5.73 Å². The average molecular weight is 259 g/mol. The van der Waals surface area contributed by atoms with Gasteiger partial charge in [-0.2, -0.15) is 0 Å². The van der Waals surface area contributed by atoms with Crippen molar-refractivity contribution in [1.29, 1.82) is 0 Å². The summed E-state index contributed by atoms with van der Waals surface area (Å²) in [5.74, 6) is 0. The highest BCUT2D eigenvalue weighted by Crippen LogP contribution is 2.18. The first kappa shape index (κ1) is 13.6. The van der Waals surface area contributed by atoms with Crippen LogP contribution >= 0.6 is 0 Å². The molecule has 0 saturated carbocycles. The highest BCUT2D eigenvalue weighted by Gasteiger charge is 2.14. The van der Waals surface area contributed by atoms with Crippen molar-refractivity contribution in [2.75, 3.05) is 0 Å². The summed E-state index contributed by atoms with van der Waals surface area (Å²) in [5.41, 5.74) is 7.57. The number of nitrogens with zero attached hydrogens (tertiary/aromatic N) is 2. The number of nitrogens with two attached hydrogens (primary N) is 1. The van der Waals surface area contributed by atoms with Crippen molar-refractivity contribution in [1.82, 2.24) is 9.13 Å². The Hall–Kier alpha value is -1.81. The predicted molar refractivity (Wildman–Crippen MR) is 77.6 cm³/mol. The van der Waals surface area contributed by atoms with Gasteiger partial charge >= 0.3 is 5.69 Å². The van der Waals surface area contributed by atoms with Gasteiger partial charge in [-0.1, -0.05) is 12.1 Å². The smallest absolute Gasteiger partial charge is 0.322 e. The number of imidazole rings is 1. The monoisotopic (exact) mass is 259 g/mol. The van der Waals surface area contributed by atoms with Crippen LogP contribution in [0.4, 0.5) is 0 Å². The Kier molecular flexibility index (Phi) is 3.37. The highest BCUT2D eigenvalue weighted by atomic mass is 16.1. The quantitative estimate of drug-likeness (QED) is 0.920. The van der Waals surface area contributed by atoms with E-state index in [-0.39, 0.29) is 17.3 Å².